The fourth-order valence-corrected chi connectivity index (χ4v) is 0.174. The predicted octanol–water partition coefficient (Wildman–Crippen LogP) is 1.01. The van der Waals surface area contributed by atoms with E-state index in [1.807, 2.05) is 0 Å². The van der Waals surface area contributed by atoms with Gasteiger partial charge >= 0.3 is 6.09 Å². The van der Waals surface area contributed by atoms with Gasteiger partial charge in [0, 0.05) is 0 Å². The Morgan fingerprint density at radius 3 is 2.38 bits per heavy atom. The Labute approximate surface area is 46.5 Å². The summed E-state index contributed by atoms with van der Waals surface area (Å²) in [7, 11) is 0. The second-order valence-corrected chi connectivity index (χ2v) is 1.12. The van der Waals surface area contributed by atoms with Crippen LogP contribution in [0.5, 0.6) is 0 Å². The highest BCUT2D eigenvalue weighted by molar-refractivity contribution is 5.91. The minimum atomic E-state index is -0.961. The first-order valence-electron chi connectivity index (χ1n) is 1.93. The van der Waals surface area contributed by atoms with Gasteiger partial charge in [0.2, 0.25) is 0 Å². The van der Waals surface area contributed by atoms with Crippen molar-refractivity contribution in [3.63, 3.8) is 0 Å². The summed E-state index contributed by atoms with van der Waals surface area (Å²) < 4.78 is 11.8. The molecule has 0 aliphatic carbocycles. The third kappa shape index (κ3) is 3.14. The zero-order valence-electron chi connectivity index (χ0n) is 4.48. The lowest BCUT2D eigenvalue weighted by atomic mass is 10.7. The first-order chi connectivity index (χ1) is 3.66. The van der Waals surface area contributed by atoms with Gasteiger partial charge in [-0.05, 0) is 13.6 Å². The van der Waals surface area contributed by atoms with Gasteiger partial charge in [0.25, 0.3) is 0 Å². The molecule has 0 aromatic rings. The molecule has 0 atom stereocenters. The van der Waals surface area contributed by atoms with Crippen molar-refractivity contribution >= 4 is 18.6 Å². The zero-order chi connectivity index (χ0) is 6.57. The number of hydrogen-bond donors (Lipinski definition) is 1. The summed E-state index contributed by atoms with van der Waals surface area (Å²) in [5.41, 5.74) is 0. The minimum Gasteiger partial charge on any atom is -0.287 e. The van der Waals surface area contributed by atoms with Gasteiger partial charge in [-0.2, -0.15) is 9.38 Å². The summed E-state index contributed by atoms with van der Waals surface area (Å²) in [6, 6.07) is 0. The quantitative estimate of drug-likeness (QED) is 0.278. The van der Waals surface area contributed by atoms with Crippen LogP contribution < -0.4 is 0 Å². The van der Waals surface area contributed by atoms with Crippen molar-refractivity contribution in [2.75, 3.05) is 0 Å². The third-order valence-corrected chi connectivity index (χ3v) is 0.390. The largest absolute Gasteiger partial charge is 0.309 e. The molecule has 3 nitrogen and oxygen atoms in total. The monoisotopic (exact) mass is 115 g/mol. The summed E-state index contributed by atoms with van der Waals surface area (Å²) in [6.45, 7) is 4.21. The Morgan fingerprint density at radius 2 is 2.25 bits per heavy atom. The van der Waals surface area contributed by atoms with Gasteiger partial charge in [-0.1, -0.05) is 0 Å². The number of nitrogens with one attached hydrogen (secondary N) is 1. The van der Waals surface area contributed by atoms with Gasteiger partial charge in [-0.3, -0.25) is 5.41 Å². The average Bonchev–Trinajstić information content (AvgIpc) is 1.65. The molecule has 0 aliphatic heterocycles. The van der Waals surface area contributed by atoms with Crippen LogP contribution in [0.25, 0.3) is 0 Å². The lowest BCUT2D eigenvalue weighted by molar-refractivity contribution is 0.794. The SMILES string of the molecule is C=NC(F)=NC(C)=N. The van der Waals surface area contributed by atoms with Crippen molar-refractivity contribution < 1.29 is 4.39 Å². The Bertz CT molecular complexity index is 138. The smallest absolute Gasteiger partial charge is 0.287 e. The van der Waals surface area contributed by atoms with Crippen LogP contribution in [-0.4, -0.2) is 18.6 Å². The molecule has 0 aromatic carbocycles. The van der Waals surface area contributed by atoms with Crippen LogP contribution >= 0.6 is 0 Å². The van der Waals surface area contributed by atoms with E-state index in [1.54, 1.807) is 0 Å². The molecule has 4 heteroatoms. The molecule has 0 heterocycles. The molecule has 0 bridgehead atoms. The van der Waals surface area contributed by atoms with Gasteiger partial charge in [0.1, 0.15) is 5.84 Å². The first-order valence-corrected chi connectivity index (χ1v) is 1.93. The van der Waals surface area contributed by atoms with Crippen LogP contribution in [0.4, 0.5) is 4.39 Å². The maximum absolute atomic E-state index is 11.8. The molecule has 0 rings (SSSR count). The van der Waals surface area contributed by atoms with Crippen molar-refractivity contribution in [1.82, 2.24) is 0 Å². The second-order valence-electron chi connectivity index (χ2n) is 1.12. The van der Waals surface area contributed by atoms with Gasteiger partial charge in [0.15, 0.2) is 0 Å². The summed E-state index contributed by atoms with van der Waals surface area (Å²) in [5.74, 6) is -0.116. The summed E-state index contributed by atoms with van der Waals surface area (Å²) in [6.07, 6.45) is -0.961. The predicted molar refractivity (Wildman–Crippen MR) is 31.5 cm³/mol. The van der Waals surface area contributed by atoms with E-state index in [2.05, 4.69) is 16.7 Å². The normalized spacial score (nSPS) is 11.0. The van der Waals surface area contributed by atoms with E-state index in [1.165, 1.54) is 6.92 Å². The van der Waals surface area contributed by atoms with Crippen molar-refractivity contribution in [1.29, 1.82) is 5.41 Å². The second kappa shape index (κ2) is 3.01. The molecule has 0 saturated heterocycles. The third-order valence-electron chi connectivity index (χ3n) is 0.390. The van der Waals surface area contributed by atoms with E-state index in [0.717, 1.165) is 0 Å². The molecule has 0 aliphatic rings. The number of aliphatic imine (C=N–C) groups is 2. The topological polar surface area (TPSA) is 48.6 Å². The molecule has 0 aromatic heterocycles. The van der Waals surface area contributed by atoms with Crippen LogP contribution in [0.15, 0.2) is 9.98 Å². The Morgan fingerprint density at radius 1 is 1.75 bits per heavy atom. The number of hydrogen-bond acceptors (Lipinski definition) is 1. The number of halogens is 1. The lowest BCUT2D eigenvalue weighted by Crippen LogP contribution is -1.87. The first kappa shape index (κ1) is 6.94. The molecule has 0 unspecified atom stereocenters. The zero-order valence-corrected chi connectivity index (χ0v) is 4.48. The van der Waals surface area contributed by atoms with E-state index in [4.69, 9.17) is 5.41 Å². The summed E-state index contributed by atoms with van der Waals surface area (Å²) >= 11 is 0. The van der Waals surface area contributed by atoms with Crippen LogP contribution in [0, 0.1) is 5.41 Å². The van der Waals surface area contributed by atoms with Crippen molar-refractivity contribution in [2.24, 2.45) is 9.98 Å². The van der Waals surface area contributed by atoms with Gasteiger partial charge in [-0.15, -0.1) is 0 Å². The van der Waals surface area contributed by atoms with E-state index >= 15 is 0 Å². The molecule has 0 fully saturated rings. The average molecular weight is 115 g/mol. The molecule has 0 spiro atoms. The maximum atomic E-state index is 11.8. The number of nitrogens with zero attached hydrogens (tertiary/aromatic N) is 2. The Kier molecular flexibility index (Phi) is 2.61. The molecular formula is C4H6FN3. The van der Waals surface area contributed by atoms with E-state index in [-0.39, 0.29) is 5.84 Å². The summed E-state index contributed by atoms with van der Waals surface area (Å²) in [4.78, 5) is 5.82. The van der Waals surface area contributed by atoms with E-state index in [0.29, 0.717) is 0 Å². The van der Waals surface area contributed by atoms with Crippen LogP contribution in [0.1, 0.15) is 6.92 Å². The van der Waals surface area contributed by atoms with Crippen molar-refractivity contribution in [3.8, 4) is 0 Å². The maximum Gasteiger partial charge on any atom is 0.309 e. The fraction of sp³-hybridized carbons (Fsp3) is 0.250. The molecule has 0 radical (unpaired) electrons. The lowest BCUT2D eigenvalue weighted by Gasteiger charge is -1.81. The highest BCUT2D eigenvalue weighted by Crippen LogP contribution is 1.81. The highest BCUT2D eigenvalue weighted by atomic mass is 19.1. The molecule has 0 amide bonds. The highest BCUT2D eigenvalue weighted by Gasteiger charge is 1.86. The van der Waals surface area contributed by atoms with Gasteiger partial charge in [-0.25, -0.2) is 4.99 Å². The van der Waals surface area contributed by atoms with Gasteiger partial charge < -0.3 is 0 Å². The Hall–Kier alpha value is -1.06. The standard InChI is InChI=1S/C4H6FN3/c1-3(6)8-4(5)7-2/h6H,2H2,1H3. The van der Waals surface area contributed by atoms with Crippen molar-refractivity contribution in [2.45, 2.75) is 6.92 Å². The Balaban J connectivity index is 3.94. The molecule has 1 N–H and O–H groups in total. The fourth-order valence-electron chi connectivity index (χ4n) is 0.174. The number of rotatable bonds is 0. The van der Waals surface area contributed by atoms with Crippen molar-refractivity contribution in [3.05, 3.63) is 0 Å². The number of amidine groups is 2. The van der Waals surface area contributed by atoms with E-state index in [9.17, 15) is 4.39 Å². The minimum absolute atomic E-state index is 0.116. The van der Waals surface area contributed by atoms with Crippen LogP contribution in [0.3, 0.4) is 0 Å². The van der Waals surface area contributed by atoms with Crippen LogP contribution in [0.2, 0.25) is 0 Å². The van der Waals surface area contributed by atoms with E-state index < -0.39 is 6.09 Å². The summed E-state index contributed by atoms with van der Waals surface area (Å²) in [5, 5.41) is 6.61. The van der Waals surface area contributed by atoms with Crippen LogP contribution in [-0.2, 0) is 0 Å². The molecule has 44 valence electrons. The molecule has 0 saturated carbocycles. The molecule has 8 heavy (non-hydrogen) atoms. The van der Waals surface area contributed by atoms with Gasteiger partial charge in [0.05, 0.1) is 0 Å². The molecular weight excluding hydrogens is 109 g/mol.